The average Bonchev–Trinajstić information content (AvgIpc) is 2.47. The lowest BCUT2D eigenvalue weighted by Gasteiger charge is -2.19. The molecule has 1 nitrogen and oxygen atoms in total. The van der Waals surface area contributed by atoms with E-state index in [0.29, 0.717) is 0 Å². The molecule has 0 saturated heterocycles. The minimum atomic E-state index is -0.233. The molecule has 0 amide bonds. The Balaban J connectivity index is 2.06. The average molecular weight is 307 g/mol. The van der Waals surface area contributed by atoms with Crippen LogP contribution in [0.25, 0.3) is 0 Å². The van der Waals surface area contributed by atoms with Gasteiger partial charge in [0.05, 0.1) is 0 Å². The normalized spacial score (nSPS) is 12.3. The van der Waals surface area contributed by atoms with Crippen molar-refractivity contribution in [1.29, 1.82) is 0 Å². The highest BCUT2D eigenvalue weighted by Gasteiger charge is 2.12. The first-order valence-corrected chi connectivity index (χ1v) is 8.05. The predicted octanol–water partition coefficient (Wildman–Crippen LogP) is 4.80. The van der Waals surface area contributed by atoms with E-state index < -0.39 is 0 Å². The molecule has 112 valence electrons. The first-order valence-electron chi connectivity index (χ1n) is 7.06. The van der Waals surface area contributed by atoms with Crippen molar-refractivity contribution in [2.45, 2.75) is 24.3 Å². The van der Waals surface area contributed by atoms with E-state index in [1.165, 1.54) is 18.2 Å². The summed E-state index contributed by atoms with van der Waals surface area (Å²) in [5.41, 5.74) is 0.923. The number of hydrogen-bond donors (Lipinski definition) is 1. The van der Waals surface area contributed by atoms with Gasteiger partial charge in [0, 0.05) is 16.7 Å². The lowest BCUT2D eigenvalue weighted by molar-refractivity contribution is 0.568. The fraction of sp³-hybridized carbons (Fsp3) is 0.294. The zero-order chi connectivity index (χ0) is 15.1. The molecular weight excluding hydrogens is 288 g/mol. The van der Waals surface area contributed by atoms with Crippen LogP contribution < -0.4 is 5.32 Å². The van der Waals surface area contributed by atoms with Crippen LogP contribution in [0.3, 0.4) is 0 Å². The van der Waals surface area contributed by atoms with Gasteiger partial charge in [-0.1, -0.05) is 25.1 Å². The number of halogens is 2. The van der Waals surface area contributed by atoms with E-state index in [9.17, 15) is 8.78 Å². The minimum Gasteiger partial charge on any atom is -0.309 e. The van der Waals surface area contributed by atoms with Crippen LogP contribution in [0.15, 0.2) is 53.4 Å². The van der Waals surface area contributed by atoms with Crippen molar-refractivity contribution in [3.8, 4) is 0 Å². The van der Waals surface area contributed by atoms with Gasteiger partial charge in [-0.3, -0.25) is 0 Å². The highest BCUT2D eigenvalue weighted by atomic mass is 32.2. The second-order valence-electron chi connectivity index (χ2n) is 4.83. The molecule has 1 atom stereocenters. The Labute approximate surface area is 128 Å². The molecule has 0 aromatic heterocycles. The minimum absolute atomic E-state index is 0.0499. The number of hydrogen-bond acceptors (Lipinski definition) is 2. The van der Waals surface area contributed by atoms with Gasteiger partial charge in [0.15, 0.2) is 0 Å². The third-order valence-corrected chi connectivity index (χ3v) is 4.19. The van der Waals surface area contributed by atoms with Crippen molar-refractivity contribution in [3.63, 3.8) is 0 Å². The summed E-state index contributed by atoms with van der Waals surface area (Å²) < 4.78 is 26.6. The zero-order valence-electron chi connectivity index (χ0n) is 12.0. The summed E-state index contributed by atoms with van der Waals surface area (Å²) >= 11 is 1.57. The van der Waals surface area contributed by atoms with E-state index in [1.807, 2.05) is 12.1 Å². The smallest absolute Gasteiger partial charge is 0.124 e. The molecule has 0 radical (unpaired) electrons. The van der Waals surface area contributed by atoms with E-state index in [1.54, 1.807) is 30.0 Å². The Bertz CT molecular complexity index is 574. The lowest BCUT2D eigenvalue weighted by atomic mass is 10.1. The highest BCUT2D eigenvalue weighted by Crippen LogP contribution is 2.25. The third-order valence-electron chi connectivity index (χ3n) is 3.10. The van der Waals surface area contributed by atoms with Gasteiger partial charge < -0.3 is 5.32 Å². The van der Waals surface area contributed by atoms with Gasteiger partial charge >= 0.3 is 0 Å². The maximum absolute atomic E-state index is 13.4. The van der Waals surface area contributed by atoms with E-state index in [-0.39, 0.29) is 17.7 Å². The Morgan fingerprint density at radius 2 is 1.76 bits per heavy atom. The molecule has 0 saturated carbocycles. The van der Waals surface area contributed by atoms with Crippen molar-refractivity contribution >= 4 is 11.8 Å². The number of thioether (sulfide) groups is 1. The quantitative estimate of drug-likeness (QED) is 0.738. The maximum Gasteiger partial charge on any atom is 0.124 e. The zero-order valence-corrected chi connectivity index (χ0v) is 12.8. The summed E-state index contributed by atoms with van der Waals surface area (Å²) in [6, 6.07) is 13.2. The van der Waals surface area contributed by atoms with E-state index in [4.69, 9.17) is 0 Å². The van der Waals surface area contributed by atoms with Gasteiger partial charge in [-0.25, -0.2) is 8.78 Å². The Kier molecular flexibility index (Phi) is 6.21. The molecule has 0 aliphatic rings. The van der Waals surface area contributed by atoms with E-state index in [0.717, 1.165) is 29.2 Å². The molecule has 1 unspecified atom stereocenters. The Morgan fingerprint density at radius 1 is 1.05 bits per heavy atom. The fourth-order valence-corrected chi connectivity index (χ4v) is 3.09. The summed E-state index contributed by atoms with van der Waals surface area (Å²) in [5.74, 6) is 0.266. The molecule has 2 aromatic rings. The molecule has 21 heavy (non-hydrogen) atoms. The molecule has 0 aliphatic carbocycles. The molecule has 0 heterocycles. The van der Waals surface area contributed by atoms with Crippen LogP contribution in [0.4, 0.5) is 8.78 Å². The predicted molar refractivity (Wildman–Crippen MR) is 84.6 cm³/mol. The van der Waals surface area contributed by atoms with Crippen molar-refractivity contribution in [1.82, 2.24) is 5.32 Å². The van der Waals surface area contributed by atoms with Crippen LogP contribution in [0, 0.1) is 11.6 Å². The molecule has 0 fully saturated rings. The van der Waals surface area contributed by atoms with Gasteiger partial charge in [0.2, 0.25) is 0 Å². The summed E-state index contributed by atoms with van der Waals surface area (Å²) in [6.45, 7) is 2.96. The Hall–Kier alpha value is -1.39. The molecule has 1 N–H and O–H groups in total. The monoisotopic (exact) mass is 307 g/mol. The van der Waals surface area contributed by atoms with Crippen LogP contribution >= 0.6 is 11.8 Å². The van der Waals surface area contributed by atoms with Crippen LogP contribution in [0.1, 0.15) is 24.9 Å². The highest BCUT2D eigenvalue weighted by molar-refractivity contribution is 7.99. The first-order chi connectivity index (χ1) is 10.2. The fourth-order valence-electron chi connectivity index (χ4n) is 2.05. The largest absolute Gasteiger partial charge is 0.309 e. The summed E-state index contributed by atoms with van der Waals surface area (Å²) in [5, 5.41) is 3.42. The van der Waals surface area contributed by atoms with Crippen molar-refractivity contribution < 1.29 is 8.78 Å². The van der Waals surface area contributed by atoms with Crippen molar-refractivity contribution in [2.75, 3.05) is 12.3 Å². The molecule has 4 heteroatoms. The van der Waals surface area contributed by atoms with Crippen LogP contribution in [-0.2, 0) is 0 Å². The molecule has 2 rings (SSSR count). The second-order valence-corrected chi connectivity index (χ2v) is 5.92. The molecule has 0 aliphatic heterocycles. The first kappa shape index (κ1) is 16.0. The summed E-state index contributed by atoms with van der Waals surface area (Å²) in [6.07, 6.45) is 1.01. The topological polar surface area (TPSA) is 12.0 Å². The number of benzene rings is 2. The SMILES string of the molecule is CCCNC(CSc1cccc(F)c1)c1cccc(F)c1. The number of rotatable bonds is 7. The summed E-state index contributed by atoms with van der Waals surface area (Å²) in [4.78, 5) is 0.884. The molecule has 0 bridgehead atoms. The van der Waals surface area contributed by atoms with Gasteiger partial charge in [-0.15, -0.1) is 11.8 Å². The lowest BCUT2D eigenvalue weighted by Crippen LogP contribution is -2.24. The van der Waals surface area contributed by atoms with E-state index in [2.05, 4.69) is 12.2 Å². The van der Waals surface area contributed by atoms with Gasteiger partial charge in [-0.2, -0.15) is 0 Å². The van der Waals surface area contributed by atoms with Crippen LogP contribution in [-0.4, -0.2) is 12.3 Å². The molecule has 2 aromatic carbocycles. The van der Waals surface area contributed by atoms with Crippen LogP contribution in [0.2, 0.25) is 0 Å². The summed E-state index contributed by atoms with van der Waals surface area (Å²) in [7, 11) is 0. The Morgan fingerprint density at radius 3 is 2.43 bits per heavy atom. The molecule has 0 spiro atoms. The molecular formula is C17H19F2NS. The third kappa shape index (κ3) is 5.14. The van der Waals surface area contributed by atoms with Crippen molar-refractivity contribution in [3.05, 3.63) is 65.7 Å². The van der Waals surface area contributed by atoms with Gasteiger partial charge in [-0.05, 0) is 48.9 Å². The number of nitrogens with one attached hydrogen (secondary N) is 1. The van der Waals surface area contributed by atoms with Crippen LogP contribution in [0.5, 0.6) is 0 Å². The van der Waals surface area contributed by atoms with E-state index >= 15 is 0 Å². The van der Waals surface area contributed by atoms with Crippen molar-refractivity contribution in [2.24, 2.45) is 0 Å². The van der Waals surface area contributed by atoms with Gasteiger partial charge in [0.25, 0.3) is 0 Å². The second kappa shape index (κ2) is 8.15. The standard InChI is InChI=1S/C17H19F2NS/c1-2-9-20-17(13-5-3-6-14(18)10-13)12-21-16-8-4-7-15(19)11-16/h3-8,10-11,17,20H,2,9,12H2,1H3. The maximum atomic E-state index is 13.4. The van der Waals surface area contributed by atoms with Gasteiger partial charge in [0.1, 0.15) is 11.6 Å².